The number of hydrogen-bond donors (Lipinski definition) is 1. The minimum absolute atomic E-state index is 0.129. The summed E-state index contributed by atoms with van der Waals surface area (Å²) in [7, 11) is 1.66. The maximum Gasteiger partial charge on any atom is 0.244 e. The fourth-order valence-electron chi connectivity index (χ4n) is 2.28. The van der Waals surface area contributed by atoms with Crippen LogP contribution in [-0.2, 0) is 22.7 Å². The molecule has 126 valence electrons. The number of rotatable bonds is 8. The van der Waals surface area contributed by atoms with Gasteiger partial charge in [0.1, 0.15) is 5.75 Å². The molecule has 1 amide bonds. The molecule has 1 N–H and O–H groups in total. The average Bonchev–Trinajstić information content (AvgIpc) is 2.61. The van der Waals surface area contributed by atoms with Crippen molar-refractivity contribution in [3.05, 3.63) is 71.3 Å². The first-order valence-electron chi connectivity index (χ1n) is 7.97. The van der Waals surface area contributed by atoms with E-state index in [1.165, 1.54) is 6.08 Å². The number of nitrogens with one attached hydrogen (secondary N) is 1. The van der Waals surface area contributed by atoms with E-state index in [9.17, 15) is 4.79 Å². The van der Waals surface area contributed by atoms with Gasteiger partial charge in [-0.25, -0.2) is 0 Å². The van der Waals surface area contributed by atoms with Crippen LogP contribution < -0.4 is 10.1 Å². The number of ether oxygens (including phenoxy) is 2. The van der Waals surface area contributed by atoms with Crippen LogP contribution in [0.3, 0.4) is 0 Å². The third kappa shape index (κ3) is 5.56. The van der Waals surface area contributed by atoms with E-state index in [2.05, 4.69) is 5.32 Å². The summed E-state index contributed by atoms with van der Waals surface area (Å²) in [6.07, 6.45) is 3.32. The van der Waals surface area contributed by atoms with E-state index in [0.29, 0.717) is 19.8 Å². The van der Waals surface area contributed by atoms with Gasteiger partial charge in [0, 0.05) is 19.7 Å². The Morgan fingerprint density at radius 3 is 2.46 bits per heavy atom. The Morgan fingerprint density at radius 1 is 1.08 bits per heavy atom. The van der Waals surface area contributed by atoms with E-state index in [4.69, 9.17) is 9.47 Å². The van der Waals surface area contributed by atoms with Gasteiger partial charge in [-0.2, -0.15) is 0 Å². The Balaban J connectivity index is 1.89. The molecule has 4 heteroatoms. The summed E-state index contributed by atoms with van der Waals surface area (Å²) in [5, 5.41) is 2.89. The first kappa shape index (κ1) is 17.8. The molecule has 0 saturated heterocycles. The zero-order chi connectivity index (χ0) is 17.2. The van der Waals surface area contributed by atoms with Gasteiger partial charge >= 0.3 is 0 Å². The molecule has 0 unspecified atom stereocenters. The van der Waals surface area contributed by atoms with E-state index in [1.54, 1.807) is 13.2 Å². The molecule has 2 aromatic rings. The number of amides is 1. The predicted molar refractivity (Wildman–Crippen MR) is 95.6 cm³/mol. The van der Waals surface area contributed by atoms with Crippen molar-refractivity contribution in [3.63, 3.8) is 0 Å². The lowest BCUT2D eigenvalue weighted by molar-refractivity contribution is -0.116. The topological polar surface area (TPSA) is 47.6 Å². The highest BCUT2D eigenvalue weighted by atomic mass is 16.5. The first-order valence-corrected chi connectivity index (χ1v) is 7.97. The lowest BCUT2D eigenvalue weighted by atomic mass is 10.1. The van der Waals surface area contributed by atoms with Crippen LogP contribution in [0.4, 0.5) is 0 Å². The second kappa shape index (κ2) is 9.53. The highest BCUT2D eigenvalue weighted by molar-refractivity contribution is 5.91. The third-order valence-corrected chi connectivity index (χ3v) is 3.49. The largest absolute Gasteiger partial charge is 0.494 e. The Hall–Kier alpha value is -2.59. The van der Waals surface area contributed by atoms with Gasteiger partial charge < -0.3 is 14.8 Å². The summed E-state index contributed by atoms with van der Waals surface area (Å²) in [4.78, 5) is 12.0. The molecule has 0 saturated carbocycles. The van der Waals surface area contributed by atoms with Crippen molar-refractivity contribution in [3.8, 4) is 5.75 Å². The van der Waals surface area contributed by atoms with Gasteiger partial charge in [-0.15, -0.1) is 0 Å². The van der Waals surface area contributed by atoms with Gasteiger partial charge in [-0.1, -0.05) is 36.4 Å². The number of hydrogen-bond acceptors (Lipinski definition) is 3. The van der Waals surface area contributed by atoms with Crippen molar-refractivity contribution in [2.24, 2.45) is 0 Å². The smallest absolute Gasteiger partial charge is 0.244 e. The van der Waals surface area contributed by atoms with Crippen molar-refractivity contribution in [2.75, 3.05) is 13.7 Å². The summed E-state index contributed by atoms with van der Waals surface area (Å²) >= 11 is 0. The molecule has 2 rings (SSSR count). The summed E-state index contributed by atoms with van der Waals surface area (Å²) in [5.41, 5.74) is 3.09. The Kier molecular flexibility index (Phi) is 7.05. The van der Waals surface area contributed by atoms with Crippen LogP contribution in [0.5, 0.6) is 5.75 Å². The Bertz CT molecular complexity index is 678. The van der Waals surface area contributed by atoms with Crippen LogP contribution in [0.25, 0.3) is 6.08 Å². The molecular formula is C20H23NO3. The Morgan fingerprint density at radius 2 is 1.79 bits per heavy atom. The maximum absolute atomic E-state index is 12.0. The molecule has 0 aromatic heterocycles. The van der Waals surface area contributed by atoms with Gasteiger partial charge in [0.15, 0.2) is 0 Å². The van der Waals surface area contributed by atoms with Crippen molar-refractivity contribution >= 4 is 12.0 Å². The fourth-order valence-corrected chi connectivity index (χ4v) is 2.28. The minimum atomic E-state index is -0.129. The molecule has 2 aromatic carbocycles. The van der Waals surface area contributed by atoms with Crippen molar-refractivity contribution in [1.29, 1.82) is 0 Å². The standard InChI is InChI=1S/C20H23NO3/c1-3-24-19-11-8-16(9-12-19)10-13-20(22)21-14-17-6-4-5-7-18(17)15-23-2/h4-13H,3,14-15H2,1-2H3,(H,21,22)/b13-10+. The van der Waals surface area contributed by atoms with E-state index >= 15 is 0 Å². The first-order chi connectivity index (χ1) is 11.7. The second-order valence-electron chi connectivity index (χ2n) is 5.25. The zero-order valence-corrected chi connectivity index (χ0v) is 14.1. The van der Waals surface area contributed by atoms with E-state index < -0.39 is 0 Å². The van der Waals surface area contributed by atoms with Crippen molar-refractivity contribution in [1.82, 2.24) is 5.32 Å². The van der Waals surface area contributed by atoms with Crippen LogP contribution in [0.2, 0.25) is 0 Å². The van der Waals surface area contributed by atoms with Crippen LogP contribution >= 0.6 is 0 Å². The molecule has 0 aliphatic carbocycles. The molecule has 0 heterocycles. The lowest BCUT2D eigenvalue weighted by Gasteiger charge is -2.09. The number of benzene rings is 2. The summed E-state index contributed by atoms with van der Waals surface area (Å²) in [6, 6.07) is 15.5. The van der Waals surface area contributed by atoms with Gasteiger partial charge in [-0.05, 0) is 41.8 Å². The molecular weight excluding hydrogens is 302 g/mol. The molecule has 0 aliphatic heterocycles. The van der Waals surface area contributed by atoms with E-state index in [-0.39, 0.29) is 5.91 Å². The molecule has 0 atom stereocenters. The quantitative estimate of drug-likeness (QED) is 0.755. The Labute approximate surface area is 143 Å². The van der Waals surface area contributed by atoms with Gasteiger partial charge in [0.25, 0.3) is 0 Å². The predicted octanol–water partition coefficient (Wildman–Crippen LogP) is 3.56. The van der Waals surface area contributed by atoms with Crippen LogP contribution in [0.15, 0.2) is 54.6 Å². The van der Waals surface area contributed by atoms with Crippen molar-refractivity contribution < 1.29 is 14.3 Å². The molecule has 4 nitrogen and oxygen atoms in total. The second-order valence-corrected chi connectivity index (χ2v) is 5.25. The van der Waals surface area contributed by atoms with E-state index in [1.807, 2.05) is 55.5 Å². The van der Waals surface area contributed by atoms with Crippen molar-refractivity contribution in [2.45, 2.75) is 20.1 Å². The molecule has 24 heavy (non-hydrogen) atoms. The highest BCUT2D eigenvalue weighted by Gasteiger charge is 2.02. The SMILES string of the molecule is CCOc1ccc(/C=C/C(=O)NCc2ccccc2COC)cc1. The fraction of sp³-hybridized carbons (Fsp3) is 0.250. The van der Waals surface area contributed by atoms with E-state index in [0.717, 1.165) is 22.4 Å². The summed E-state index contributed by atoms with van der Waals surface area (Å²) in [6.45, 7) is 3.60. The molecule has 0 bridgehead atoms. The van der Waals surface area contributed by atoms with Gasteiger partial charge in [0.2, 0.25) is 5.91 Å². The highest BCUT2D eigenvalue weighted by Crippen LogP contribution is 2.13. The number of methoxy groups -OCH3 is 1. The number of carbonyl (C=O) groups excluding carboxylic acids is 1. The minimum Gasteiger partial charge on any atom is -0.494 e. The molecule has 0 fully saturated rings. The maximum atomic E-state index is 12.0. The average molecular weight is 325 g/mol. The summed E-state index contributed by atoms with van der Waals surface area (Å²) in [5.74, 6) is 0.699. The lowest BCUT2D eigenvalue weighted by Crippen LogP contribution is -2.21. The zero-order valence-electron chi connectivity index (χ0n) is 14.1. The van der Waals surface area contributed by atoms with Gasteiger partial charge in [-0.3, -0.25) is 4.79 Å². The molecule has 0 spiro atoms. The molecule has 0 radical (unpaired) electrons. The third-order valence-electron chi connectivity index (χ3n) is 3.49. The normalized spacial score (nSPS) is 10.8. The molecule has 0 aliphatic rings. The van der Waals surface area contributed by atoms with Crippen LogP contribution in [0, 0.1) is 0 Å². The number of carbonyl (C=O) groups is 1. The van der Waals surface area contributed by atoms with Crippen LogP contribution in [0.1, 0.15) is 23.6 Å². The van der Waals surface area contributed by atoms with Gasteiger partial charge in [0.05, 0.1) is 13.2 Å². The summed E-state index contributed by atoms with van der Waals surface area (Å²) < 4.78 is 10.6. The van der Waals surface area contributed by atoms with Crippen LogP contribution in [-0.4, -0.2) is 19.6 Å². The monoisotopic (exact) mass is 325 g/mol.